The van der Waals surface area contributed by atoms with Crippen molar-refractivity contribution in [2.45, 2.75) is 19.1 Å². The van der Waals surface area contributed by atoms with Gasteiger partial charge >= 0.3 is 12.1 Å². The van der Waals surface area contributed by atoms with Crippen molar-refractivity contribution in [3.8, 4) is 0 Å². The molecule has 5 rings (SSSR count). The van der Waals surface area contributed by atoms with E-state index in [1.165, 1.54) is 7.11 Å². The Labute approximate surface area is 232 Å². The number of anilines is 1. The lowest BCUT2D eigenvalue weighted by molar-refractivity contribution is -0.147. The van der Waals surface area contributed by atoms with E-state index in [0.717, 1.165) is 37.0 Å². The first-order chi connectivity index (χ1) is 19.3. The number of methoxy groups -OCH3 is 1. The highest BCUT2D eigenvalue weighted by Crippen LogP contribution is 2.24. The van der Waals surface area contributed by atoms with Crippen LogP contribution >= 0.6 is 0 Å². The topological polar surface area (TPSA) is 115 Å². The number of benzene rings is 3. The number of fused-ring (bicyclic) bond motifs is 1. The number of cyclic esters (lactones) is 1. The molecule has 3 aromatic rings. The Morgan fingerprint density at radius 2 is 1.73 bits per heavy atom. The van der Waals surface area contributed by atoms with E-state index in [4.69, 9.17) is 14.9 Å². The Bertz CT molecular complexity index is 1410. The van der Waals surface area contributed by atoms with Crippen LogP contribution in [0, 0.1) is 5.41 Å². The van der Waals surface area contributed by atoms with E-state index in [0.29, 0.717) is 29.9 Å². The Balaban J connectivity index is 1.15. The normalized spacial score (nSPS) is 18.8. The average molecular weight is 544 g/mol. The van der Waals surface area contributed by atoms with Crippen molar-refractivity contribution in [3.05, 3.63) is 77.9 Å². The van der Waals surface area contributed by atoms with Crippen LogP contribution in [0.2, 0.25) is 0 Å². The van der Waals surface area contributed by atoms with E-state index in [9.17, 15) is 14.4 Å². The molecule has 2 N–H and O–H groups in total. The zero-order valence-corrected chi connectivity index (χ0v) is 22.6. The van der Waals surface area contributed by atoms with Crippen LogP contribution in [-0.2, 0) is 14.3 Å². The Morgan fingerprint density at radius 1 is 1.02 bits per heavy atom. The largest absolute Gasteiger partial charge is 0.468 e. The molecule has 0 bridgehead atoms. The molecule has 2 fully saturated rings. The van der Waals surface area contributed by atoms with Crippen LogP contribution in [0.3, 0.4) is 0 Å². The van der Waals surface area contributed by atoms with Gasteiger partial charge in [-0.15, -0.1) is 0 Å². The first kappa shape index (κ1) is 27.3. The summed E-state index contributed by atoms with van der Waals surface area (Å²) < 4.78 is 10.5. The van der Waals surface area contributed by atoms with Gasteiger partial charge in [0.15, 0.2) is 0 Å². The van der Waals surface area contributed by atoms with Crippen molar-refractivity contribution in [1.82, 2.24) is 15.1 Å². The molecule has 3 aromatic carbocycles. The molecule has 0 aliphatic carbocycles. The van der Waals surface area contributed by atoms with Gasteiger partial charge < -0.3 is 14.8 Å². The van der Waals surface area contributed by atoms with Gasteiger partial charge in [-0.05, 0) is 48.0 Å². The number of hydrogen-bond donors (Lipinski definition) is 2. The van der Waals surface area contributed by atoms with E-state index < -0.39 is 6.09 Å². The van der Waals surface area contributed by atoms with Crippen LogP contribution in [0.4, 0.5) is 10.5 Å². The second kappa shape index (κ2) is 11.8. The Hall–Kier alpha value is -4.28. The molecular weight excluding hydrogens is 510 g/mol. The third kappa shape index (κ3) is 5.83. The highest BCUT2D eigenvalue weighted by molar-refractivity contribution is 6.16. The van der Waals surface area contributed by atoms with Crippen LogP contribution in [0.25, 0.3) is 10.8 Å². The molecule has 208 valence electrons. The number of carbonyl (C=O) groups excluding carboxylic acids is 3. The second-order valence-corrected chi connectivity index (χ2v) is 10.1. The smallest absolute Gasteiger partial charge is 0.414 e. The molecule has 0 saturated carbocycles. The minimum Gasteiger partial charge on any atom is -0.468 e. The zero-order chi connectivity index (χ0) is 28.2. The molecule has 2 amide bonds. The number of ether oxygens (including phenoxy) is 2. The maximum atomic E-state index is 12.9. The fraction of sp³-hybridized carbons (Fsp3) is 0.333. The molecule has 2 heterocycles. The molecule has 0 spiro atoms. The third-order valence-electron chi connectivity index (χ3n) is 7.57. The molecule has 2 saturated heterocycles. The van der Waals surface area contributed by atoms with Gasteiger partial charge in [0.25, 0.3) is 5.91 Å². The standard InChI is InChI=1S/C30H33N5O5/c1-20(29(37)39-2)34-16-14-33(15-17-34)18-24-19-35(30(38)40-24)23-12-10-22(11-13-23)27(31)32-28(36)26-9-5-7-21-6-3-4-8-25(21)26/h3-13,20,24H,14-19H2,1-2H3,(H2,31,32,36). The van der Waals surface area contributed by atoms with E-state index in [2.05, 4.69) is 15.1 Å². The summed E-state index contributed by atoms with van der Waals surface area (Å²) >= 11 is 0. The molecule has 2 unspecified atom stereocenters. The molecule has 0 aromatic heterocycles. The molecule has 2 aliphatic heterocycles. The van der Waals surface area contributed by atoms with Crippen molar-refractivity contribution in [2.75, 3.05) is 51.3 Å². The van der Waals surface area contributed by atoms with Crippen molar-refractivity contribution < 1.29 is 23.9 Å². The number of hydrogen-bond acceptors (Lipinski definition) is 8. The van der Waals surface area contributed by atoms with Crippen LogP contribution < -0.4 is 10.2 Å². The maximum absolute atomic E-state index is 12.9. The first-order valence-corrected chi connectivity index (χ1v) is 13.3. The number of nitrogens with zero attached hydrogens (tertiary/aromatic N) is 3. The lowest BCUT2D eigenvalue weighted by atomic mass is 10.0. The minimum absolute atomic E-state index is 0.0213. The fourth-order valence-corrected chi connectivity index (χ4v) is 5.25. The summed E-state index contributed by atoms with van der Waals surface area (Å²) in [6.07, 6.45) is -0.676. The quantitative estimate of drug-likeness (QED) is 0.267. The van der Waals surface area contributed by atoms with Gasteiger partial charge in [-0.2, -0.15) is 0 Å². The number of esters is 1. The fourth-order valence-electron chi connectivity index (χ4n) is 5.25. The molecule has 2 atom stereocenters. The summed E-state index contributed by atoms with van der Waals surface area (Å²) in [6, 6.07) is 19.8. The highest BCUT2D eigenvalue weighted by Gasteiger charge is 2.35. The monoisotopic (exact) mass is 543 g/mol. The van der Waals surface area contributed by atoms with Crippen LogP contribution in [-0.4, -0.2) is 92.1 Å². The molecule has 10 heteroatoms. The van der Waals surface area contributed by atoms with E-state index in [-0.39, 0.29) is 29.9 Å². The SMILES string of the molecule is COC(=O)C(C)N1CCN(CC2CN(c3ccc(C(=N)NC(=O)c4cccc5ccccc45)cc3)C(=O)O2)CC1. The van der Waals surface area contributed by atoms with Gasteiger partial charge in [0.2, 0.25) is 0 Å². The van der Waals surface area contributed by atoms with Gasteiger partial charge in [-0.1, -0.05) is 36.4 Å². The molecule has 40 heavy (non-hydrogen) atoms. The van der Waals surface area contributed by atoms with Gasteiger partial charge in [0.05, 0.1) is 13.7 Å². The first-order valence-electron chi connectivity index (χ1n) is 13.3. The molecule has 10 nitrogen and oxygen atoms in total. The van der Waals surface area contributed by atoms with E-state index in [1.54, 1.807) is 35.2 Å². The van der Waals surface area contributed by atoms with Gasteiger partial charge in [-0.25, -0.2) is 4.79 Å². The number of nitrogens with one attached hydrogen (secondary N) is 2. The summed E-state index contributed by atoms with van der Waals surface area (Å²) in [6.45, 7) is 5.92. The molecule has 2 aliphatic rings. The van der Waals surface area contributed by atoms with E-state index >= 15 is 0 Å². The number of carbonyl (C=O) groups is 3. The lowest BCUT2D eigenvalue weighted by Crippen LogP contribution is -2.53. The predicted molar refractivity (Wildman–Crippen MR) is 152 cm³/mol. The molecule has 0 radical (unpaired) electrons. The summed E-state index contributed by atoms with van der Waals surface area (Å²) in [5.41, 5.74) is 1.70. The van der Waals surface area contributed by atoms with Crippen molar-refractivity contribution >= 4 is 40.3 Å². The average Bonchev–Trinajstić information content (AvgIpc) is 3.35. The summed E-state index contributed by atoms with van der Waals surface area (Å²) in [7, 11) is 1.40. The number of amides is 2. The highest BCUT2D eigenvalue weighted by atomic mass is 16.6. The third-order valence-corrected chi connectivity index (χ3v) is 7.57. The van der Waals surface area contributed by atoms with Crippen molar-refractivity contribution in [2.24, 2.45) is 0 Å². The van der Waals surface area contributed by atoms with Crippen LogP contribution in [0.5, 0.6) is 0 Å². The summed E-state index contributed by atoms with van der Waals surface area (Å²) in [5, 5.41) is 12.9. The number of rotatable bonds is 7. The molecular formula is C30H33N5O5. The minimum atomic E-state index is -0.407. The van der Waals surface area contributed by atoms with Gasteiger partial charge in [0.1, 0.15) is 18.0 Å². The van der Waals surface area contributed by atoms with E-state index in [1.807, 2.05) is 43.3 Å². The van der Waals surface area contributed by atoms with Crippen molar-refractivity contribution in [1.29, 1.82) is 5.41 Å². The van der Waals surface area contributed by atoms with Crippen LogP contribution in [0.15, 0.2) is 66.7 Å². The van der Waals surface area contributed by atoms with Gasteiger partial charge in [0, 0.05) is 49.5 Å². The van der Waals surface area contributed by atoms with Crippen molar-refractivity contribution in [3.63, 3.8) is 0 Å². The Morgan fingerprint density at radius 3 is 2.45 bits per heavy atom. The number of amidine groups is 1. The Kier molecular flexibility index (Phi) is 8.09. The number of piperazine rings is 1. The van der Waals surface area contributed by atoms with Gasteiger partial charge in [-0.3, -0.25) is 29.7 Å². The predicted octanol–water partition coefficient (Wildman–Crippen LogP) is 3.10. The second-order valence-electron chi connectivity index (χ2n) is 10.1. The summed E-state index contributed by atoms with van der Waals surface area (Å²) in [4.78, 5) is 43.3. The maximum Gasteiger partial charge on any atom is 0.414 e. The summed E-state index contributed by atoms with van der Waals surface area (Å²) in [5.74, 6) is -0.605. The lowest BCUT2D eigenvalue weighted by Gasteiger charge is -2.37. The zero-order valence-electron chi connectivity index (χ0n) is 22.6. The van der Waals surface area contributed by atoms with Crippen LogP contribution in [0.1, 0.15) is 22.8 Å².